The van der Waals surface area contributed by atoms with E-state index in [1.54, 1.807) is 0 Å². The lowest BCUT2D eigenvalue weighted by Crippen LogP contribution is -2.38. The van der Waals surface area contributed by atoms with E-state index in [0.29, 0.717) is 0 Å². The lowest BCUT2D eigenvalue weighted by Gasteiger charge is -2.29. The zero-order valence-corrected chi connectivity index (χ0v) is 14.9. The van der Waals surface area contributed by atoms with Gasteiger partial charge >= 0.3 is 0 Å². The van der Waals surface area contributed by atoms with Crippen LogP contribution in [0.4, 0.5) is 0 Å². The smallest absolute Gasteiger partial charge is 0.0201 e. The zero-order chi connectivity index (χ0) is 14.6. The van der Waals surface area contributed by atoms with E-state index in [1.165, 1.54) is 70.0 Å². The summed E-state index contributed by atoms with van der Waals surface area (Å²) in [7, 11) is 0. The van der Waals surface area contributed by atoms with Crippen molar-refractivity contribution in [3.63, 3.8) is 0 Å². The molecule has 2 heteroatoms. The molecule has 0 heterocycles. The van der Waals surface area contributed by atoms with Gasteiger partial charge in [-0.3, -0.25) is 0 Å². The molecular formula is C18H37NS. The Morgan fingerprint density at radius 1 is 0.900 bits per heavy atom. The third-order valence-corrected chi connectivity index (χ3v) is 6.16. The molecule has 1 rings (SSSR count). The standard InChI is InChI=1S/C18H37NS/c1-4-19-17-13-11-9-7-5-6-8-10-12-14-18(17)20-15-16(2)3/h16-19H,4-15H2,1-3H3. The summed E-state index contributed by atoms with van der Waals surface area (Å²) in [4.78, 5) is 0. The predicted octanol–water partition coefficient (Wildman–Crippen LogP) is 5.64. The first-order valence-electron chi connectivity index (χ1n) is 9.09. The van der Waals surface area contributed by atoms with E-state index in [4.69, 9.17) is 0 Å². The van der Waals surface area contributed by atoms with Crippen molar-refractivity contribution in [1.29, 1.82) is 0 Å². The Balaban J connectivity index is 2.51. The van der Waals surface area contributed by atoms with Gasteiger partial charge in [-0.25, -0.2) is 0 Å². The Bertz CT molecular complexity index is 217. The van der Waals surface area contributed by atoms with Crippen molar-refractivity contribution in [1.82, 2.24) is 5.32 Å². The highest BCUT2D eigenvalue weighted by Crippen LogP contribution is 2.27. The van der Waals surface area contributed by atoms with Crippen LogP contribution in [0.2, 0.25) is 0 Å². The molecule has 2 atom stereocenters. The summed E-state index contributed by atoms with van der Waals surface area (Å²) in [6, 6.07) is 0.753. The molecule has 1 nitrogen and oxygen atoms in total. The number of hydrogen-bond donors (Lipinski definition) is 1. The second-order valence-electron chi connectivity index (χ2n) is 6.84. The van der Waals surface area contributed by atoms with Crippen LogP contribution in [0.3, 0.4) is 0 Å². The Morgan fingerprint density at radius 3 is 2.00 bits per heavy atom. The molecule has 0 aromatic heterocycles. The molecule has 0 aromatic carbocycles. The molecule has 0 spiro atoms. The maximum Gasteiger partial charge on any atom is 0.0201 e. The molecule has 2 unspecified atom stereocenters. The molecule has 0 saturated heterocycles. The van der Waals surface area contributed by atoms with Gasteiger partial charge in [0.15, 0.2) is 0 Å². The molecule has 1 aliphatic rings. The van der Waals surface area contributed by atoms with Gasteiger partial charge in [-0.1, -0.05) is 72.1 Å². The Labute approximate surface area is 132 Å². The molecule has 120 valence electrons. The highest BCUT2D eigenvalue weighted by atomic mass is 32.2. The molecular weight excluding hydrogens is 262 g/mol. The molecule has 1 saturated carbocycles. The van der Waals surface area contributed by atoms with Gasteiger partial charge in [0.2, 0.25) is 0 Å². The van der Waals surface area contributed by atoms with Crippen LogP contribution in [-0.4, -0.2) is 23.6 Å². The molecule has 1 fully saturated rings. The van der Waals surface area contributed by atoms with Crippen LogP contribution in [0, 0.1) is 5.92 Å². The molecule has 0 aliphatic heterocycles. The van der Waals surface area contributed by atoms with Crippen molar-refractivity contribution in [3.8, 4) is 0 Å². The number of hydrogen-bond acceptors (Lipinski definition) is 2. The Morgan fingerprint density at radius 2 is 1.45 bits per heavy atom. The van der Waals surface area contributed by atoms with Crippen LogP contribution in [0.5, 0.6) is 0 Å². The lowest BCUT2D eigenvalue weighted by atomic mass is 9.97. The zero-order valence-electron chi connectivity index (χ0n) is 14.1. The monoisotopic (exact) mass is 299 g/mol. The van der Waals surface area contributed by atoms with Crippen molar-refractivity contribution in [2.45, 2.75) is 96.3 Å². The largest absolute Gasteiger partial charge is 0.313 e. The highest BCUT2D eigenvalue weighted by Gasteiger charge is 2.21. The first kappa shape index (κ1) is 18.4. The summed E-state index contributed by atoms with van der Waals surface area (Å²) in [5.41, 5.74) is 0. The first-order valence-corrected chi connectivity index (χ1v) is 10.1. The summed E-state index contributed by atoms with van der Waals surface area (Å²) in [5, 5.41) is 4.63. The molecule has 0 amide bonds. The minimum absolute atomic E-state index is 0.753. The van der Waals surface area contributed by atoms with Crippen molar-refractivity contribution >= 4 is 11.8 Å². The summed E-state index contributed by atoms with van der Waals surface area (Å²) in [6.45, 7) is 8.10. The van der Waals surface area contributed by atoms with Crippen LogP contribution < -0.4 is 5.32 Å². The fourth-order valence-electron chi connectivity index (χ4n) is 3.17. The van der Waals surface area contributed by atoms with Gasteiger partial charge in [0.25, 0.3) is 0 Å². The summed E-state index contributed by atoms with van der Waals surface area (Å²) >= 11 is 2.24. The summed E-state index contributed by atoms with van der Waals surface area (Å²) in [5.74, 6) is 2.15. The Hall–Kier alpha value is 0.310. The maximum absolute atomic E-state index is 3.79. The van der Waals surface area contributed by atoms with E-state index in [0.717, 1.165) is 23.8 Å². The molecule has 0 radical (unpaired) electrons. The molecule has 0 bridgehead atoms. The van der Waals surface area contributed by atoms with Crippen molar-refractivity contribution < 1.29 is 0 Å². The average molecular weight is 300 g/mol. The van der Waals surface area contributed by atoms with Crippen LogP contribution in [0.1, 0.15) is 85.0 Å². The van der Waals surface area contributed by atoms with Gasteiger partial charge in [0, 0.05) is 11.3 Å². The first-order chi connectivity index (χ1) is 9.74. The Kier molecular flexibility index (Phi) is 10.9. The normalized spacial score (nSPS) is 27.0. The van der Waals surface area contributed by atoms with Crippen molar-refractivity contribution in [2.24, 2.45) is 5.92 Å². The van der Waals surface area contributed by atoms with Gasteiger partial charge in [0.1, 0.15) is 0 Å². The van der Waals surface area contributed by atoms with Crippen LogP contribution in [-0.2, 0) is 0 Å². The fraction of sp³-hybridized carbons (Fsp3) is 1.00. The molecule has 20 heavy (non-hydrogen) atoms. The SMILES string of the molecule is CCNC1CCCCCCCCCCC1SCC(C)C. The molecule has 0 aromatic rings. The topological polar surface area (TPSA) is 12.0 Å². The van der Waals surface area contributed by atoms with Gasteiger partial charge < -0.3 is 5.32 Å². The van der Waals surface area contributed by atoms with E-state index >= 15 is 0 Å². The third-order valence-electron chi connectivity index (χ3n) is 4.31. The fourth-order valence-corrected chi connectivity index (χ4v) is 4.60. The van der Waals surface area contributed by atoms with E-state index in [2.05, 4.69) is 37.8 Å². The minimum atomic E-state index is 0.753. The third kappa shape index (κ3) is 8.56. The van der Waals surface area contributed by atoms with Gasteiger partial charge in [-0.05, 0) is 31.1 Å². The second-order valence-corrected chi connectivity index (χ2v) is 8.11. The second kappa shape index (κ2) is 11.9. The van der Waals surface area contributed by atoms with Gasteiger partial charge in [-0.15, -0.1) is 0 Å². The van der Waals surface area contributed by atoms with E-state index < -0.39 is 0 Å². The lowest BCUT2D eigenvalue weighted by molar-refractivity contribution is 0.419. The minimum Gasteiger partial charge on any atom is -0.313 e. The average Bonchev–Trinajstić information content (AvgIpc) is 2.41. The van der Waals surface area contributed by atoms with E-state index in [9.17, 15) is 0 Å². The maximum atomic E-state index is 3.79. The summed E-state index contributed by atoms with van der Waals surface area (Å²) < 4.78 is 0. The molecule has 1 N–H and O–H groups in total. The van der Waals surface area contributed by atoms with Gasteiger partial charge in [0.05, 0.1) is 0 Å². The van der Waals surface area contributed by atoms with Crippen molar-refractivity contribution in [3.05, 3.63) is 0 Å². The molecule has 1 aliphatic carbocycles. The van der Waals surface area contributed by atoms with Crippen LogP contribution in [0.25, 0.3) is 0 Å². The number of rotatable bonds is 5. The van der Waals surface area contributed by atoms with E-state index in [-0.39, 0.29) is 0 Å². The van der Waals surface area contributed by atoms with E-state index in [1.807, 2.05) is 0 Å². The van der Waals surface area contributed by atoms with Crippen LogP contribution in [0.15, 0.2) is 0 Å². The summed E-state index contributed by atoms with van der Waals surface area (Å²) in [6.07, 6.45) is 14.5. The number of nitrogens with one attached hydrogen (secondary N) is 1. The highest BCUT2D eigenvalue weighted by molar-refractivity contribution is 7.99. The van der Waals surface area contributed by atoms with Crippen molar-refractivity contribution in [2.75, 3.05) is 12.3 Å². The number of thioether (sulfide) groups is 1. The predicted molar refractivity (Wildman–Crippen MR) is 94.7 cm³/mol. The van der Waals surface area contributed by atoms with Gasteiger partial charge in [-0.2, -0.15) is 11.8 Å². The quantitative estimate of drug-likeness (QED) is 0.705. The van der Waals surface area contributed by atoms with Crippen LogP contribution >= 0.6 is 11.8 Å².